The van der Waals surface area contributed by atoms with E-state index in [1.807, 2.05) is 31.3 Å². The van der Waals surface area contributed by atoms with Crippen molar-refractivity contribution in [2.75, 3.05) is 33.9 Å². The molecule has 1 fully saturated rings. The fraction of sp³-hybridized carbons (Fsp3) is 0.500. The van der Waals surface area contributed by atoms with Gasteiger partial charge in [0, 0.05) is 17.7 Å². The highest BCUT2D eigenvalue weighted by Gasteiger charge is 2.29. The van der Waals surface area contributed by atoms with Gasteiger partial charge in [0.2, 0.25) is 0 Å². The number of rotatable bonds is 9. The second kappa shape index (κ2) is 12.0. The molecule has 34 heavy (non-hydrogen) atoms. The molecule has 0 N–H and O–H groups in total. The topological polar surface area (TPSA) is 51.2 Å². The molecular weight excluding hydrogens is 442 g/mol. The number of likely N-dealkylation sites (tertiary alicyclic amines) is 1. The van der Waals surface area contributed by atoms with Gasteiger partial charge in [-0.1, -0.05) is 26.0 Å². The highest BCUT2D eigenvalue weighted by molar-refractivity contribution is 5.68. The summed E-state index contributed by atoms with van der Waals surface area (Å²) in [5, 5.41) is 0. The average molecular weight is 477 g/mol. The van der Waals surface area contributed by atoms with Crippen LogP contribution in [0, 0.1) is 17.6 Å². The minimum absolute atomic E-state index is 0.0650. The van der Waals surface area contributed by atoms with Crippen LogP contribution >= 0.6 is 0 Å². The van der Waals surface area contributed by atoms with Crippen LogP contribution in [0.5, 0.6) is 11.5 Å². The monoisotopic (exact) mass is 476 g/mol. The maximum absolute atomic E-state index is 14.0. The first-order chi connectivity index (χ1) is 16.3. The predicted molar refractivity (Wildman–Crippen MR) is 126 cm³/mol. The van der Waals surface area contributed by atoms with Gasteiger partial charge in [-0.05, 0) is 62.7 Å². The Morgan fingerprint density at radius 1 is 1.12 bits per heavy atom. The first kappa shape index (κ1) is 25.7. The number of hydrogen-bond donors (Lipinski definition) is 0. The number of halogens is 2. The van der Waals surface area contributed by atoms with Gasteiger partial charge in [-0.3, -0.25) is 0 Å². The van der Waals surface area contributed by atoms with E-state index in [0.29, 0.717) is 18.1 Å². The average Bonchev–Trinajstić information content (AvgIpc) is 2.83. The van der Waals surface area contributed by atoms with Crippen molar-refractivity contribution in [3.8, 4) is 11.5 Å². The zero-order valence-electron chi connectivity index (χ0n) is 20.4. The minimum atomic E-state index is -0.991. The number of nitrogens with zero attached hydrogens (tertiary/aromatic N) is 2. The van der Waals surface area contributed by atoms with Crippen LogP contribution in [0.25, 0.3) is 0 Å². The van der Waals surface area contributed by atoms with Gasteiger partial charge in [-0.15, -0.1) is 0 Å². The molecule has 186 valence electrons. The van der Waals surface area contributed by atoms with Gasteiger partial charge in [-0.2, -0.15) is 0 Å². The molecule has 1 heterocycles. The molecule has 6 nitrogen and oxygen atoms in total. The number of ether oxygens (including phenoxy) is 3. The summed E-state index contributed by atoms with van der Waals surface area (Å²) < 4.78 is 44.2. The van der Waals surface area contributed by atoms with Crippen molar-refractivity contribution in [2.24, 2.45) is 5.92 Å². The molecule has 2 aromatic carbocycles. The Balaban J connectivity index is 1.71. The van der Waals surface area contributed by atoms with E-state index in [4.69, 9.17) is 14.2 Å². The fourth-order valence-corrected chi connectivity index (χ4v) is 3.89. The molecule has 1 aliphatic heterocycles. The summed E-state index contributed by atoms with van der Waals surface area (Å²) in [6.07, 6.45) is 1.03. The van der Waals surface area contributed by atoms with Gasteiger partial charge in [-0.25, -0.2) is 13.6 Å². The van der Waals surface area contributed by atoms with Crippen LogP contribution in [0.2, 0.25) is 0 Å². The van der Waals surface area contributed by atoms with E-state index in [0.717, 1.165) is 49.4 Å². The van der Waals surface area contributed by atoms with Crippen molar-refractivity contribution in [2.45, 2.75) is 45.9 Å². The molecular formula is C26H34F2N2O4. The number of carbonyl (C=O) groups excluding carboxylic acids is 1. The lowest BCUT2D eigenvalue weighted by atomic mass is 10.0. The zero-order chi connectivity index (χ0) is 24.7. The van der Waals surface area contributed by atoms with Crippen LogP contribution in [0.15, 0.2) is 36.4 Å². The van der Waals surface area contributed by atoms with Crippen molar-refractivity contribution < 1.29 is 27.8 Å². The Kier molecular flexibility index (Phi) is 9.10. The summed E-state index contributed by atoms with van der Waals surface area (Å²) in [7, 11) is 3.43. The van der Waals surface area contributed by atoms with Crippen molar-refractivity contribution in [3.05, 3.63) is 59.2 Å². The number of hydrogen-bond acceptors (Lipinski definition) is 5. The summed E-state index contributed by atoms with van der Waals surface area (Å²) in [6, 6.07) is 9.44. The third-order valence-electron chi connectivity index (χ3n) is 5.90. The van der Waals surface area contributed by atoms with Crippen molar-refractivity contribution in [3.63, 3.8) is 0 Å². The summed E-state index contributed by atoms with van der Waals surface area (Å²) >= 11 is 0. The summed E-state index contributed by atoms with van der Waals surface area (Å²) in [6.45, 7) is 6.63. The largest absolute Gasteiger partial charge is 0.496 e. The lowest BCUT2D eigenvalue weighted by Crippen LogP contribution is -2.46. The Morgan fingerprint density at radius 2 is 1.76 bits per heavy atom. The van der Waals surface area contributed by atoms with Crippen LogP contribution in [0.1, 0.15) is 37.8 Å². The minimum Gasteiger partial charge on any atom is -0.496 e. The van der Waals surface area contributed by atoms with E-state index in [2.05, 4.69) is 18.7 Å². The van der Waals surface area contributed by atoms with Gasteiger partial charge in [0.15, 0.2) is 11.6 Å². The van der Waals surface area contributed by atoms with E-state index in [-0.39, 0.29) is 24.9 Å². The molecule has 0 bridgehead atoms. The predicted octanol–water partition coefficient (Wildman–Crippen LogP) is 5.24. The molecule has 1 saturated heterocycles. The molecule has 0 spiro atoms. The van der Waals surface area contributed by atoms with Gasteiger partial charge >= 0.3 is 6.09 Å². The third kappa shape index (κ3) is 7.06. The number of methoxy groups -OCH3 is 1. The maximum Gasteiger partial charge on any atom is 0.410 e. The lowest BCUT2D eigenvalue weighted by Gasteiger charge is -2.37. The molecule has 0 aliphatic carbocycles. The first-order valence-corrected chi connectivity index (χ1v) is 11.6. The van der Waals surface area contributed by atoms with E-state index in [1.165, 1.54) is 7.11 Å². The normalized spacial score (nSPS) is 14.8. The zero-order valence-corrected chi connectivity index (χ0v) is 20.4. The van der Waals surface area contributed by atoms with Gasteiger partial charge in [0.05, 0.1) is 20.3 Å². The number of piperidine rings is 1. The molecule has 8 heteroatoms. The first-order valence-electron chi connectivity index (χ1n) is 11.6. The molecule has 0 unspecified atom stereocenters. The van der Waals surface area contributed by atoms with Crippen molar-refractivity contribution in [1.82, 2.24) is 9.80 Å². The third-order valence-corrected chi connectivity index (χ3v) is 5.90. The fourth-order valence-electron chi connectivity index (χ4n) is 3.89. The summed E-state index contributed by atoms with van der Waals surface area (Å²) in [4.78, 5) is 16.9. The van der Waals surface area contributed by atoms with Crippen LogP contribution < -0.4 is 9.47 Å². The van der Waals surface area contributed by atoms with E-state index >= 15 is 0 Å². The molecule has 0 saturated carbocycles. The molecule has 1 amide bonds. The number of carbonyl (C=O) groups is 1. The van der Waals surface area contributed by atoms with E-state index in [9.17, 15) is 13.6 Å². The molecule has 1 aliphatic rings. The van der Waals surface area contributed by atoms with Gasteiger partial charge in [0.1, 0.15) is 18.1 Å². The Hall–Kier alpha value is -2.87. The maximum atomic E-state index is 14.0. The second-order valence-electron chi connectivity index (χ2n) is 9.14. The quantitative estimate of drug-likeness (QED) is 0.495. The SMILES string of the molecule is COc1cc(F)c(F)cc1CN(C(=O)OCc1ccc(OCC(C)C)cc1)C1CCN(C)CC1. The molecule has 2 aromatic rings. The highest BCUT2D eigenvalue weighted by Crippen LogP contribution is 2.27. The van der Waals surface area contributed by atoms with E-state index in [1.54, 1.807) is 4.90 Å². The lowest BCUT2D eigenvalue weighted by molar-refractivity contribution is 0.0600. The summed E-state index contributed by atoms with van der Waals surface area (Å²) in [5.74, 6) is -0.578. The molecule has 0 radical (unpaired) electrons. The van der Waals surface area contributed by atoms with Gasteiger partial charge < -0.3 is 24.0 Å². The Bertz CT molecular complexity index is 945. The Morgan fingerprint density at radius 3 is 2.38 bits per heavy atom. The van der Waals surface area contributed by atoms with Crippen molar-refractivity contribution in [1.29, 1.82) is 0 Å². The standard InChI is InChI=1S/C26H34F2N2O4/c1-18(2)16-33-22-7-5-19(6-8-22)17-34-26(31)30(21-9-11-29(3)12-10-21)15-20-13-23(27)24(28)14-25(20)32-4/h5-8,13-14,18,21H,9-12,15-17H2,1-4H3. The van der Waals surface area contributed by atoms with Crippen molar-refractivity contribution >= 4 is 6.09 Å². The van der Waals surface area contributed by atoms with Crippen LogP contribution in [-0.2, 0) is 17.9 Å². The molecule has 0 atom stereocenters. The Labute approximate surface area is 200 Å². The van der Waals surface area contributed by atoms with Crippen LogP contribution in [-0.4, -0.2) is 55.8 Å². The smallest absolute Gasteiger partial charge is 0.410 e. The summed E-state index contributed by atoms with van der Waals surface area (Å²) in [5.41, 5.74) is 1.22. The second-order valence-corrected chi connectivity index (χ2v) is 9.14. The number of benzene rings is 2. The van der Waals surface area contributed by atoms with Gasteiger partial charge in [0.25, 0.3) is 0 Å². The molecule has 0 aromatic heterocycles. The molecule has 3 rings (SSSR count). The van der Waals surface area contributed by atoms with Crippen LogP contribution in [0.4, 0.5) is 13.6 Å². The number of amides is 1. The van der Waals surface area contributed by atoms with E-state index < -0.39 is 17.7 Å². The van der Waals surface area contributed by atoms with Crippen LogP contribution in [0.3, 0.4) is 0 Å². The highest BCUT2D eigenvalue weighted by atomic mass is 19.2.